The molecule has 1 rings (SSSR count). The molecule has 0 bridgehead atoms. The SMILES string of the molecule is CCOC(=O)C1CCCN(C(=NC)NCCCCCCCN(C)C)C1. The molecule has 0 aliphatic carbocycles. The number of esters is 1. The fourth-order valence-electron chi connectivity index (χ4n) is 3.24. The molecule has 0 aromatic heterocycles. The summed E-state index contributed by atoms with van der Waals surface area (Å²) in [5.74, 6) is 0.825. The number of unbranched alkanes of at least 4 members (excludes halogenated alkanes) is 4. The predicted molar refractivity (Wildman–Crippen MR) is 104 cm³/mol. The Kier molecular flexibility index (Phi) is 11.3. The van der Waals surface area contributed by atoms with Gasteiger partial charge in [-0.05, 0) is 53.2 Å². The van der Waals surface area contributed by atoms with Gasteiger partial charge in [0.25, 0.3) is 0 Å². The van der Waals surface area contributed by atoms with Crippen LogP contribution < -0.4 is 5.32 Å². The van der Waals surface area contributed by atoms with Crippen LogP contribution in [-0.2, 0) is 9.53 Å². The first kappa shape index (κ1) is 21.7. The predicted octanol–water partition coefficient (Wildman–Crippen LogP) is 2.35. The maximum atomic E-state index is 12.0. The van der Waals surface area contributed by atoms with E-state index >= 15 is 0 Å². The molecule has 1 N–H and O–H groups in total. The number of ether oxygens (including phenoxy) is 1. The molecular weight excluding hydrogens is 316 g/mol. The van der Waals surface area contributed by atoms with Crippen molar-refractivity contribution in [2.75, 3.05) is 53.9 Å². The number of nitrogens with zero attached hydrogens (tertiary/aromatic N) is 3. The molecule has 1 aliphatic rings. The molecule has 0 saturated carbocycles. The number of piperidine rings is 1. The minimum atomic E-state index is -0.0691. The zero-order valence-electron chi connectivity index (χ0n) is 16.7. The molecule has 6 heteroatoms. The van der Waals surface area contributed by atoms with E-state index in [4.69, 9.17) is 4.74 Å². The molecule has 6 nitrogen and oxygen atoms in total. The Labute approximate surface area is 154 Å². The van der Waals surface area contributed by atoms with Crippen LogP contribution >= 0.6 is 0 Å². The van der Waals surface area contributed by atoms with Crippen molar-refractivity contribution in [2.24, 2.45) is 10.9 Å². The number of likely N-dealkylation sites (tertiary alicyclic amines) is 1. The Morgan fingerprint density at radius 2 is 1.96 bits per heavy atom. The smallest absolute Gasteiger partial charge is 0.310 e. The number of hydrogen-bond acceptors (Lipinski definition) is 4. The van der Waals surface area contributed by atoms with E-state index in [2.05, 4.69) is 34.2 Å². The second kappa shape index (κ2) is 13.0. The summed E-state index contributed by atoms with van der Waals surface area (Å²) in [5, 5.41) is 3.46. The highest BCUT2D eigenvalue weighted by molar-refractivity contribution is 5.81. The first-order valence-electron chi connectivity index (χ1n) is 9.85. The minimum absolute atomic E-state index is 0.0241. The van der Waals surface area contributed by atoms with Gasteiger partial charge in [0, 0.05) is 26.7 Å². The van der Waals surface area contributed by atoms with E-state index in [9.17, 15) is 4.79 Å². The Morgan fingerprint density at radius 1 is 1.24 bits per heavy atom. The normalized spacial score (nSPS) is 18.5. The molecule has 1 aliphatic heterocycles. The number of carbonyl (C=O) groups is 1. The average Bonchev–Trinajstić information content (AvgIpc) is 2.60. The van der Waals surface area contributed by atoms with E-state index in [0.29, 0.717) is 13.2 Å². The largest absolute Gasteiger partial charge is 0.466 e. The fraction of sp³-hybridized carbons (Fsp3) is 0.895. The first-order valence-corrected chi connectivity index (χ1v) is 9.85. The Morgan fingerprint density at radius 3 is 2.64 bits per heavy atom. The quantitative estimate of drug-likeness (QED) is 0.282. The summed E-state index contributed by atoms with van der Waals surface area (Å²) in [6.07, 6.45) is 8.22. The van der Waals surface area contributed by atoms with Gasteiger partial charge in [-0.25, -0.2) is 0 Å². The van der Waals surface area contributed by atoms with Crippen molar-refractivity contribution in [1.29, 1.82) is 0 Å². The summed E-state index contributed by atoms with van der Waals surface area (Å²) in [7, 11) is 6.07. The number of aliphatic imine (C=N–C) groups is 1. The van der Waals surface area contributed by atoms with Gasteiger partial charge in [-0.15, -0.1) is 0 Å². The molecule has 1 atom stereocenters. The second-order valence-electron chi connectivity index (χ2n) is 7.08. The molecule has 1 saturated heterocycles. The lowest BCUT2D eigenvalue weighted by Gasteiger charge is -2.34. The van der Waals surface area contributed by atoms with Crippen LogP contribution in [0.3, 0.4) is 0 Å². The standard InChI is InChI=1S/C19H38N4O2/c1-5-25-18(24)17-12-11-15-23(16-17)19(20-2)21-13-9-7-6-8-10-14-22(3)4/h17H,5-16H2,1-4H3,(H,20,21). The number of carbonyl (C=O) groups excluding carboxylic acids is 1. The van der Waals surface area contributed by atoms with Crippen molar-refractivity contribution in [1.82, 2.24) is 15.1 Å². The number of nitrogens with one attached hydrogen (secondary N) is 1. The molecular formula is C19H38N4O2. The maximum Gasteiger partial charge on any atom is 0.310 e. The van der Waals surface area contributed by atoms with Crippen LogP contribution in [0.15, 0.2) is 4.99 Å². The van der Waals surface area contributed by atoms with Crippen LogP contribution in [0.5, 0.6) is 0 Å². The van der Waals surface area contributed by atoms with Crippen molar-refractivity contribution in [3.05, 3.63) is 0 Å². The summed E-state index contributed by atoms with van der Waals surface area (Å²) in [4.78, 5) is 20.8. The lowest BCUT2D eigenvalue weighted by atomic mass is 9.98. The number of guanidine groups is 1. The van der Waals surface area contributed by atoms with Crippen LogP contribution in [0.1, 0.15) is 51.9 Å². The molecule has 0 aromatic carbocycles. The summed E-state index contributed by atoms with van der Waals surface area (Å²) in [6.45, 7) is 6.11. The van der Waals surface area contributed by atoms with Crippen molar-refractivity contribution >= 4 is 11.9 Å². The van der Waals surface area contributed by atoms with Crippen LogP contribution in [0.2, 0.25) is 0 Å². The van der Waals surface area contributed by atoms with Gasteiger partial charge in [0.1, 0.15) is 0 Å². The topological polar surface area (TPSA) is 57.2 Å². The van der Waals surface area contributed by atoms with Gasteiger partial charge in [0.2, 0.25) is 0 Å². The van der Waals surface area contributed by atoms with Gasteiger partial charge in [-0.1, -0.05) is 19.3 Å². The monoisotopic (exact) mass is 354 g/mol. The average molecular weight is 355 g/mol. The molecule has 0 spiro atoms. The van der Waals surface area contributed by atoms with Crippen molar-refractivity contribution in [3.63, 3.8) is 0 Å². The Bertz CT molecular complexity index is 399. The van der Waals surface area contributed by atoms with E-state index in [1.165, 1.54) is 32.2 Å². The maximum absolute atomic E-state index is 12.0. The summed E-state index contributed by atoms with van der Waals surface area (Å²) in [5.41, 5.74) is 0. The third-order valence-corrected chi connectivity index (χ3v) is 4.62. The zero-order valence-corrected chi connectivity index (χ0v) is 16.7. The van der Waals surface area contributed by atoms with Gasteiger partial charge in [0.15, 0.2) is 5.96 Å². The van der Waals surface area contributed by atoms with Crippen molar-refractivity contribution in [3.8, 4) is 0 Å². The van der Waals surface area contributed by atoms with Crippen molar-refractivity contribution in [2.45, 2.75) is 51.9 Å². The number of hydrogen-bond donors (Lipinski definition) is 1. The van der Waals surface area contributed by atoms with Crippen LogP contribution in [-0.4, -0.2) is 75.7 Å². The third-order valence-electron chi connectivity index (χ3n) is 4.62. The van der Waals surface area contributed by atoms with E-state index in [1.807, 2.05) is 14.0 Å². The molecule has 0 amide bonds. The van der Waals surface area contributed by atoms with Gasteiger partial charge in [-0.3, -0.25) is 9.79 Å². The number of rotatable bonds is 10. The highest BCUT2D eigenvalue weighted by Gasteiger charge is 2.28. The Hall–Kier alpha value is -1.30. The van der Waals surface area contributed by atoms with Crippen LogP contribution in [0.25, 0.3) is 0 Å². The van der Waals surface area contributed by atoms with Crippen LogP contribution in [0, 0.1) is 5.92 Å². The Balaban J connectivity index is 2.22. The summed E-state index contributed by atoms with van der Waals surface area (Å²) < 4.78 is 5.17. The van der Waals surface area contributed by atoms with Crippen LogP contribution in [0.4, 0.5) is 0 Å². The van der Waals surface area contributed by atoms with Gasteiger partial charge >= 0.3 is 5.97 Å². The summed E-state index contributed by atoms with van der Waals surface area (Å²) in [6, 6.07) is 0. The lowest BCUT2D eigenvalue weighted by molar-refractivity contribution is -0.149. The first-order chi connectivity index (χ1) is 12.1. The molecule has 25 heavy (non-hydrogen) atoms. The lowest BCUT2D eigenvalue weighted by Crippen LogP contribution is -2.48. The van der Waals surface area contributed by atoms with Gasteiger partial charge in [-0.2, -0.15) is 0 Å². The minimum Gasteiger partial charge on any atom is -0.466 e. The van der Waals surface area contributed by atoms with E-state index < -0.39 is 0 Å². The summed E-state index contributed by atoms with van der Waals surface area (Å²) >= 11 is 0. The molecule has 1 unspecified atom stereocenters. The molecule has 0 aromatic rings. The second-order valence-corrected chi connectivity index (χ2v) is 7.08. The third kappa shape index (κ3) is 9.10. The molecule has 0 radical (unpaired) electrons. The molecule has 1 fully saturated rings. The van der Waals surface area contributed by atoms with Gasteiger partial charge in [0.05, 0.1) is 12.5 Å². The van der Waals surface area contributed by atoms with E-state index in [1.54, 1.807) is 0 Å². The van der Waals surface area contributed by atoms with Gasteiger partial charge < -0.3 is 19.9 Å². The highest BCUT2D eigenvalue weighted by atomic mass is 16.5. The zero-order chi connectivity index (χ0) is 18.5. The van der Waals surface area contributed by atoms with E-state index in [-0.39, 0.29) is 11.9 Å². The van der Waals surface area contributed by atoms with Crippen molar-refractivity contribution < 1.29 is 9.53 Å². The molecule has 1 heterocycles. The van der Waals surface area contributed by atoms with E-state index in [0.717, 1.165) is 38.3 Å². The fourth-order valence-corrected chi connectivity index (χ4v) is 3.24. The highest BCUT2D eigenvalue weighted by Crippen LogP contribution is 2.18. The molecule has 146 valence electrons.